The van der Waals surface area contributed by atoms with E-state index in [1.54, 1.807) is 4.90 Å². The van der Waals surface area contributed by atoms with Crippen molar-refractivity contribution < 1.29 is 4.79 Å². The highest BCUT2D eigenvalue weighted by Gasteiger charge is 2.29. The Labute approximate surface area is 119 Å². The minimum absolute atomic E-state index is 0.00401. The monoisotopic (exact) mass is 277 g/mol. The molecule has 0 spiro atoms. The number of amides is 2. The zero-order valence-corrected chi connectivity index (χ0v) is 12.4. The molecular weight excluding hydrogens is 254 g/mol. The maximum atomic E-state index is 12.0. The Morgan fingerprint density at radius 1 is 1.30 bits per heavy atom. The summed E-state index contributed by atoms with van der Waals surface area (Å²) in [7, 11) is 0. The average Bonchev–Trinajstić information content (AvgIpc) is 2.80. The van der Waals surface area contributed by atoms with Crippen LogP contribution in [0.1, 0.15) is 50.1 Å². The van der Waals surface area contributed by atoms with E-state index in [9.17, 15) is 4.79 Å². The van der Waals surface area contributed by atoms with Gasteiger partial charge in [0.1, 0.15) is 0 Å². The van der Waals surface area contributed by atoms with Gasteiger partial charge in [-0.25, -0.2) is 14.8 Å². The highest BCUT2D eigenvalue weighted by atomic mass is 16.2. The number of aryl methyl sites for hydroxylation is 1. The van der Waals surface area contributed by atoms with Gasteiger partial charge in [0.05, 0.1) is 18.8 Å². The van der Waals surface area contributed by atoms with Crippen molar-refractivity contribution >= 4 is 12.0 Å². The molecule has 3 N–H and O–H groups in total. The van der Waals surface area contributed by atoms with Crippen LogP contribution in [0, 0.1) is 6.92 Å². The lowest BCUT2D eigenvalue weighted by Crippen LogP contribution is -2.45. The summed E-state index contributed by atoms with van der Waals surface area (Å²) in [4.78, 5) is 22.2. The van der Waals surface area contributed by atoms with Gasteiger partial charge in [0.25, 0.3) is 0 Å². The second-order valence-electron chi connectivity index (χ2n) is 5.03. The predicted octanol–water partition coefficient (Wildman–Crippen LogP) is 1.97. The summed E-state index contributed by atoms with van der Waals surface area (Å²) in [5.41, 5.74) is 8.41. The van der Waals surface area contributed by atoms with E-state index in [0.717, 1.165) is 29.8 Å². The van der Waals surface area contributed by atoms with Gasteiger partial charge in [-0.05, 0) is 26.2 Å². The number of nitrogen functional groups attached to an aromatic ring is 1. The van der Waals surface area contributed by atoms with E-state index >= 15 is 0 Å². The summed E-state index contributed by atoms with van der Waals surface area (Å²) in [6, 6.07) is 0.356. The van der Waals surface area contributed by atoms with E-state index < -0.39 is 0 Å². The van der Waals surface area contributed by atoms with Crippen LogP contribution < -0.4 is 11.1 Å². The van der Waals surface area contributed by atoms with Gasteiger partial charge in [0.15, 0.2) is 0 Å². The Morgan fingerprint density at radius 2 is 2.00 bits per heavy atom. The van der Waals surface area contributed by atoms with Gasteiger partial charge >= 0.3 is 6.03 Å². The van der Waals surface area contributed by atoms with Crippen LogP contribution in [0.5, 0.6) is 0 Å². The van der Waals surface area contributed by atoms with Gasteiger partial charge in [-0.3, -0.25) is 0 Å². The van der Waals surface area contributed by atoms with Crippen molar-refractivity contribution in [3.8, 4) is 0 Å². The van der Waals surface area contributed by atoms with Crippen LogP contribution in [0.3, 0.4) is 0 Å². The minimum atomic E-state index is -0.00401. The summed E-state index contributed by atoms with van der Waals surface area (Å²) in [5.74, 6) is 0.285. The van der Waals surface area contributed by atoms with Crippen molar-refractivity contribution in [3.05, 3.63) is 17.0 Å². The van der Waals surface area contributed by atoms with Crippen LogP contribution in [0.2, 0.25) is 0 Å². The highest BCUT2D eigenvalue weighted by molar-refractivity contribution is 5.75. The Bertz CT molecular complexity index is 499. The fourth-order valence-electron chi connectivity index (χ4n) is 2.40. The molecule has 1 aliphatic heterocycles. The number of fused-ring (bicyclic) bond motifs is 1. The normalized spacial score (nSPS) is 16.9. The predicted molar refractivity (Wildman–Crippen MR) is 77.9 cm³/mol. The largest absolute Gasteiger partial charge is 0.368 e. The second kappa shape index (κ2) is 6.07. The first kappa shape index (κ1) is 14.6. The van der Waals surface area contributed by atoms with Crippen molar-refractivity contribution in [3.63, 3.8) is 0 Å². The van der Waals surface area contributed by atoms with Crippen molar-refractivity contribution in [2.45, 2.75) is 59.2 Å². The van der Waals surface area contributed by atoms with E-state index in [2.05, 4.69) is 15.3 Å². The summed E-state index contributed by atoms with van der Waals surface area (Å²) in [5, 5.41) is 3.03. The summed E-state index contributed by atoms with van der Waals surface area (Å²) >= 11 is 0. The molecule has 3 rings (SSSR count). The summed E-state index contributed by atoms with van der Waals surface area (Å²) < 4.78 is 0. The molecule has 1 aromatic rings. The summed E-state index contributed by atoms with van der Waals surface area (Å²) in [6.07, 6.45) is 3.41. The molecule has 1 fully saturated rings. The van der Waals surface area contributed by atoms with E-state index in [1.165, 1.54) is 6.42 Å². The Balaban J connectivity index is 0.000000704. The van der Waals surface area contributed by atoms with E-state index in [1.807, 2.05) is 20.8 Å². The van der Waals surface area contributed by atoms with Crippen molar-refractivity contribution in [2.75, 3.05) is 5.73 Å². The van der Waals surface area contributed by atoms with Gasteiger partial charge in [0, 0.05) is 17.3 Å². The molecule has 0 radical (unpaired) electrons. The fraction of sp³-hybridized carbons (Fsp3) is 0.643. The number of rotatable bonds is 1. The minimum Gasteiger partial charge on any atom is -0.368 e. The molecule has 0 aromatic carbocycles. The molecule has 1 aromatic heterocycles. The standard InChI is InChI=1S/C12H17N5O.C2H6/c1-7-9-5-17(6-10(9)16-11(13)14-7)12(18)15-8-3-2-4-8;1-2/h8H,2-6H2,1H3,(H,15,18)(H2,13,14,16);1-2H3. The molecule has 0 saturated heterocycles. The van der Waals surface area contributed by atoms with Gasteiger partial charge in [-0.15, -0.1) is 0 Å². The third-order valence-corrected chi connectivity index (χ3v) is 3.73. The zero-order chi connectivity index (χ0) is 14.7. The molecule has 0 bridgehead atoms. The molecule has 1 saturated carbocycles. The SMILES string of the molecule is CC.Cc1nc(N)nc2c1CN(C(=O)NC1CCC1)C2. The van der Waals surface area contributed by atoms with Crippen molar-refractivity contribution in [1.29, 1.82) is 0 Å². The maximum Gasteiger partial charge on any atom is 0.318 e. The third-order valence-electron chi connectivity index (χ3n) is 3.73. The molecule has 110 valence electrons. The smallest absolute Gasteiger partial charge is 0.318 e. The van der Waals surface area contributed by atoms with Crippen LogP contribution in [-0.4, -0.2) is 26.9 Å². The zero-order valence-electron chi connectivity index (χ0n) is 12.4. The third kappa shape index (κ3) is 2.84. The first-order chi connectivity index (χ1) is 9.63. The van der Waals surface area contributed by atoms with Crippen molar-refractivity contribution in [1.82, 2.24) is 20.2 Å². The average molecular weight is 277 g/mol. The first-order valence-electron chi connectivity index (χ1n) is 7.31. The topological polar surface area (TPSA) is 84.1 Å². The number of nitrogens with zero attached hydrogens (tertiary/aromatic N) is 3. The van der Waals surface area contributed by atoms with Crippen LogP contribution in [0.25, 0.3) is 0 Å². The molecule has 6 nitrogen and oxygen atoms in total. The van der Waals surface area contributed by atoms with Crippen LogP contribution in [-0.2, 0) is 13.1 Å². The van der Waals surface area contributed by atoms with E-state index in [-0.39, 0.29) is 12.0 Å². The molecule has 20 heavy (non-hydrogen) atoms. The van der Waals surface area contributed by atoms with E-state index in [4.69, 9.17) is 5.73 Å². The summed E-state index contributed by atoms with van der Waals surface area (Å²) in [6.45, 7) is 7.02. The fourth-order valence-corrected chi connectivity index (χ4v) is 2.40. The second-order valence-corrected chi connectivity index (χ2v) is 5.03. The number of aromatic nitrogens is 2. The van der Waals surface area contributed by atoms with Crippen molar-refractivity contribution in [2.24, 2.45) is 0 Å². The Morgan fingerprint density at radius 3 is 2.60 bits per heavy atom. The molecule has 6 heteroatoms. The Hall–Kier alpha value is -1.85. The lowest BCUT2D eigenvalue weighted by atomic mass is 9.93. The number of carbonyl (C=O) groups is 1. The van der Waals surface area contributed by atoms with Gasteiger partial charge in [-0.2, -0.15) is 0 Å². The van der Waals surface area contributed by atoms with Crippen LogP contribution in [0.15, 0.2) is 0 Å². The number of hydrogen-bond acceptors (Lipinski definition) is 4. The molecule has 0 unspecified atom stereocenters. The van der Waals surface area contributed by atoms with Gasteiger partial charge in [-0.1, -0.05) is 13.8 Å². The number of nitrogens with one attached hydrogen (secondary N) is 1. The quantitative estimate of drug-likeness (QED) is 0.822. The lowest BCUT2D eigenvalue weighted by molar-refractivity contribution is 0.186. The molecule has 1 aliphatic carbocycles. The highest BCUT2D eigenvalue weighted by Crippen LogP contribution is 2.25. The van der Waals surface area contributed by atoms with Crippen LogP contribution >= 0.6 is 0 Å². The molecular formula is C14H23N5O. The number of nitrogens with two attached hydrogens (primary N) is 1. The lowest BCUT2D eigenvalue weighted by Gasteiger charge is -2.28. The van der Waals surface area contributed by atoms with Gasteiger partial charge in [0.2, 0.25) is 5.95 Å². The molecule has 2 heterocycles. The molecule has 2 aliphatic rings. The molecule has 2 amide bonds. The molecule has 0 atom stereocenters. The number of hydrogen-bond donors (Lipinski definition) is 2. The Kier molecular flexibility index (Phi) is 4.42. The maximum absolute atomic E-state index is 12.0. The van der Waals surface area contributed by atoms with Crippen LogP contribution in [0.4, 0.5) is 10.7 Å². The number of anilines is 1. The van der Waals surface area contributed by atoms with E-state index in [0.29, 0.717) is 19.1 Å². The number of carbonyl (C=O) groups excluding carboxylic acids is 1. The first-order valence-corrected chi connectivity index (χ1v) is 7.31. The number of urea groups is 1. The van der Waals surface area contributed by atoms with Gasteiger partial charge < -0.3 is 16.0 Å².